The van der Waals surface area contributed by atoms with Crippen LogP contribution >= 0.6 is 11.6 Å². The molecule has 0 spiro atoms. The average Bonchev–Trinajstić information content (AvgIpc) is 2.33. The van der Waals surface area contributed by atoms with E-state index in [1.165, 1.54) is 0 Å². The molecule has 0 aliphatic carbocycles. The second kappa shape index (κ2) is 4.37. The summed E-state index contributed by atoms with van der Waals surface area (Å²) >= 11 is 5.80. The topological polar surface area (TPSA) is 61.0 Å². The summed E-state index contributed by atoms with van der Waals surface area (Å²) in [6, 6.07) is 7.48. The van der Waals surface area contributed by atoms with E-state index in [1.54, 1.807) is 13.3 Å². The van der Waals surface area contributed by atoms with E-state index < -0.39 is 0 Å². The Kier molecular flexibility index (Phi) is 2.92. The highest BCUT2D eigenvalue weighted by Crippen LogP contribution is 2.29. The second-order valence-corrected chi connectivity index (χ2v) is 3.55. The lowest BCUT2D eigenvalue weighted by molar-refractivity contribution is 0.415. The van der Waals surface area contributed by atoms with Crippen LogP contribution in [0.3, 0.4) is 0 Å². The van der Waals surface area contributed by atoms with Crippen molar-refractivity contribution < 1.29 is 4.74 Å². The predicted molar refractivity (Wildman–Crippen MR) is 63.4 cm³/mol. The van der Waals surface area contributed by atoms with Crippen LogP contribution in [0.5, 0.6) is 5.75 Å². The zero-order valence-corrected chi connectivity index (χ0v) is 9.40. The molecule has 1 aromatic carbocycles. The molecule has 0 unspecified atom stereocenters. The van der Waals surface area contributed by atoms with Crippen molar-refractivity contribution in [3.63, 3.8) is 0 Å². The summed E-state index contributed by atoms with van der Waals surface area (Å²) in [5.74, 6) is 0.787. The molecular formula is C11H10ClN3O. The second-order valence-electron chi connectivity index (χ2n) is 3.19. The number of rotatable bonds is 2. The number of hydrogen-bond acceptors (Lipinski definition) is 4. The van der Waals surface area contributed by atoms with Crippen LogP contribution < -0.4 is 10.5 Å². The largest absolute Gasteiger partial charge is 0.497 e. The Morgan fingerprint density at radius 2 is 1.94 bits per heavy atom. The van der Waals surface area contributed by atoms with E-state index >= 15 is 0 Å². The van der Waals surface area contributed by atoms with Gasteiger partial charge >= 0.3 is 0 Å². The predicted octanol–water partition coefficient (Wildman–Crippen LogP) is 2.39. The van der Waals surface area contributed by atoms with Crippen LogP contribution in [0.25, 0.3) is 11.1 Å². The number of nitrogens with two attached hydrogens (primary N) is 1. The van der Waals surface area contributed by atoms with Crippen molar-refractivity contribution in [1.82, 2.24) is 10.2 Å². The van der Waals surface area contributed by atoms with E-state index in [9.17, 15) is 0 Å². The molecule has 0 radical (unpaired) electrons. The zero-order valence-electron chi connectivity index (χ0n) is 8.64. The van der Waals surface area contributed by atoms with Gasteiger partial charge < -0.3 is 10.5 Å². The fourth-order valence-corrected chi connectivity index (χ4v) is 1.52. The first kappa shape index (κ1) is 10.7. The quantitative estimate of drug-likeness (QED) is 0.868. The monoisotopic (exact) mass is 235 g/mol. The van der Waals surface area contributed by atoms with Gasteiger partial charge in [-0.2, -0.15) is 5.10 Å². The molecule has 1 heterocycles. The summed E-state index contributed by atoms with van der Waals surface area (Å²) in [5.41, 5.74) is 7.94. The molecule has 0 fully saturated rings. The fraction of sp³-hybridized carbons (Fsp3) is 0.0909. The summed E-state index contributed by atoms with van der Waals surface area (Å²) in [6.07, 6.45) is 1.59. The Bertz CT molecular complexity index is 499. The van der Waals surface area contributed by atoms with E-state index in [2.05, 4.69) is 10.2 Å². The lowest BCUT2D eigenvalue weighted by Crippen LogP contribution is -1.95. The smallest absolute Gasteiger partial charge is 0.175 e. The molecule has 5 heteroatoms. The molecule has 2 aromatic rings. The number of ether oxygens (including phenoxy) is 1. The van der Waals surface area contributed by atoms with Crippen molar-refractivity contribution in [2.75, 3.05) is 12.8 Å². The van der Waals surface area contributed by atoms with Crippen molar-refractivity contribution in [2.24, 2.45) is 0 Å². The number of nitrogens with zero attached hydrogens (tertiary/aromatic N) is 2. The first-order valence-corrected chi connectivity index (χ1v) is 5.01. The number of benzene rings is 1. The molecule has 0 amide bonds. The maximum Gasteiger partial charge on any atom is 0.175 e. The average molecular weight is 236 g/mol. The maximum atomic E-state index is 5.82. The van der Waals surface area contributed by atoms with Gasteiger partial charge in [0.1, 0.15) is 5.75 Å². The van der Waals surface area contributed by atoms with Gasteiger partial charge in [0.2, 0.25) is 0 Å². The summed E-state index contributed by atoms with van der Waals surface area (Å²) in [7, 11) is 1.62. The number of methoxy groups -OCH3 is 1. The van der Waals surface area contributed by atoms with Crippen LogP contribution in [0.4, 0.5) is 5.69 Å². The molecule has 2 rings (SSSR count). The van der Waals surface area contributed by atoms with Gasteiger partial charge in [0.15, 0.2) is 5.15 Å². The van der Waals surface area contributed by atoms with Gasteiger partial charge in [0, 0.05) is 5.56 Å². The van der Waals surface area contributed by atoms with Crippen molar-refractivity contribution in [1.29, 1.82) is 0 Å². The van der Waals surface area contributed by atoms with Gasteiger partial charge in [0.25, 0.3) is 0 Å². The van der Waals surface area contributed by atoms with Gasteiger partial charge in [-0.1, -0.05) is 23.7 Å². The minimum Gasteiger partial charge on any atom is -0.497 e. The van der Waals surface area contributed by atoms with E-state index in [1.807, 2.05) is 24.3 Å². The number of nitrogen functional groups attached to an aromatic ring is 1. The minimum absolute atomic E-state index is 0.216. The minimum atomic E-state index is 0.216. The highest BCUT2D eigenvalue weighted by atomic mass is 35.5. The Balaban J connectivity index is 2.46. The van der Waals surface area contributed by atoms with Crippen molar-refractivity contribution >= 4 is 17.3 Å². The molecule has 1 aromatic heterocycles. The SMILES string of the molecule is COc1ccc(-c2cnnc(Cl)c2N)cc1. The van der Waals surface area contributed by atoms with E-state index in [4.69, 9.17) is 22.1 Å². The normalized spacial score (nSPS) is 10.1. The number of halogens is 1. The number of hydrogen-bond donors (Lipinski definition) is 1. The molecule has 0 bridgehead atoms. The zero-order chi connectivity index (χ0) is 11.5. The molecule has 2 N–H and O–H groups in total. The standard InChI is InChI=1S/C11H10ClN3O/c1-16-8-4-2-7(3-5-8)9-6-14-15-11(12)10(9)13/h2-6H,1H3,(H2,13,14). The molecule has 0 atom stereocenters. The third-order valence-electron chi connectivity index (χ3n) is 2.25. The summed E-state index contributed by atoms with van der Waals surface area (Å²) in [6.45, 7) is 0. The molecule has 82 valence electrons. The summed E-state index contributed by atoms with van der Waals surface area (Å²) in [4.78, 5) is 0. The van der Waals surface area contributed by atoms with Crippen molar-refractivity contribution in [3.8, 4) is 16.9 Å². The van der Waals surface area contributed by atoms with Crippen LogP contribution in [0.2, 0.25) is 5.15 Å². The maximum absolute atomic E-state index is 5.82. The van der Waals surface area contributed by atoms with Gasteiger partial charge in [-0.3, -0.25) is 0 Å². The number of aromatic nitrogens is 2. The lowest BCUT2D eigenvalue weighted by Gasteiger charge is -2.06. The summed E-state index contributed by atoms with van der Waals surface area (Å²) < 4.78 is 5.07. The number of anilines is 1. The fourth-order valence-electron chi connectivity index (χ4n) is 1.37. The van der Waals surface area contributed by atoms with Crippen molar-refractivity contribution in [2.45, 2.75) is 0 Å². The molecule has 4 nitrogen and oxygen atoms in total. The Labute approximate surface area is 98.0 Å². The van der Waals surface area contributed by atoms with Gasteiger partial charge in [-0.05, 0) is 17.7 Å². The molecule has 0 saturated heterocycles. The van der Waals surface area contributed by atoms with Gasteiger partial charge in [-0.25, -0.2) is 0 Å². The van der Waals surface area contributed by atoms with Crippen LogP contribution in [-0.2, 0) is 0 Å². The summed E-state index contributed by atoms with van der Waals surface area (Å²) in [5, 5.41) is 7.65. The lowest BCUT2D eigenvalue weighted by atomic mass is 10.1. The molecule has 0 aliphatic rings. The van der Waals surface area contributed by atoms with E-state index in [-0.39, 0.29) is 5.15 Å². The third kappa shape index (κ3) is 1.92. The molecular weight excluding hydrogens is 226 g/mol. The molecule has 16 heavy (non-hydrogen) atoms. The highest BCUT2D eigenvalue weighted by Gasteiger charge is 2.07. The first-order valence-electron chi connectivity index (χ1n) is 4.63. The van der Waals surface area contributed by atoms with Crippen LogP contribution in [0.15, 0.2) is 30.5 Å². The molecule has 0 aliphatic heterocycles. The van der Waals surface area contributed by atoms with Gasteiger partial charge in [-0.15, -0.1) is 5.10 Å². The third-order valence-corrected chi connectivity index (χ3v) is 2.53. The van der Waals surface area contributed by atoms with E-state index in [0.717, 1.165) is 16.9 Å². The highest BCUT2D eigenvalue weighted by molar-refractivity contribution is 6.32. The van der Waals surface area contributed by atoms with E-state index in [0.29, 0.717) is 5.69 Å². The molecule has 0 saturated carbocycles. The van der Waals surface area contributed by atoms with Gasteiger partial charge in [0.05, 0.1) is 19.0 Å². The Hall–Kier alpha value is -1.81. The Morgan fingerprint density at radius 1 is 1.25 bits per heavy atom. The Morgan fingerprint density at radius 3 is 2.56 bits per heavy atom. The van der Waals surface area contributed by atoms with Crippen LogP contribution in [0, 0.1) is 0 Å². The van der Waals surface area contributed by atoms with Crippen LogP contribution in [0.1, 0.15) is 0 Å². The first-order chi connectivity index (χ1) is 7.72. The van der Waals surface area contributed by atoms with Crippen LogP contribution in [-0.4, -0.2) is 17.3 Å². The van der Waals surface area contributed by atoms with Crippen molar-refractivity contribution in [3.05, 3.63) is 35.6 Å².